The Bertz CT molecular complexity index is 853. The summed E-state index contributed by atoms with van der Waals surface area (Å²) in [4.78, 5) is 16.3. The van der Waals surface area contributed by atoms with Gasteiger partial charge in [-0.2, -0.15) is 0 Å². The van der Waals surface area contributed by atoms with E-state index in [1.807, 2.05) is 37.3 Å². The lowest BCUT2D eigenvalue weighted by Gasteiger charge is -2.24. The summed E-state index contributed by atoms with van der Waals surface area (Å²) in [6, 6.07) is 13.0. The number of hydrogen-bond donors (Lipinski definition) is 3. The highest BCUT2D eigenvalue weighted by molar-refractivity contribution is 6.35. The number of aliphatic imine (C=N–C) groups is 1. The van der Waals surface area contributed by atoms with Crippen LogP contribution < -0.4 is 16.4 Å². The fraction of sp³-hybridized carbons (Fsp3) is 0.263. The van der Waals surface area contributed by atoms with Gasteiger partial charge >= 0.3 is 0 Å². The molecule has 4 N–H and O–H groups in total. The summed E-state index contributed by atoms with van der Waals surface area (Å²) in [5, 5.41) is 7.17. The number of benzene rings is 2. The van der Waals surface area contributed by atoms with Gasteiger partial charge in [0.25, 0.3) is 0 Å². The Morgan fingerprint density at radius 1 is 1.35 bits per heavy atom. The van der Waals surface area contributed by atoms with E-state index in [9.17, 15) is 4.79 Å². The molecule has 1 heterocycles. The van der Waals surface area contributed by atoms with Crippen LogP contribution in [-0.4, -0.2) is 18.4 Å². The number of carbonyl (C=O) groups is 1. The molecule has 26 heavy (non-hydrogen) atoms. The quantitative estimate of drug-likeness (QED) is 0.543. The smallest absolute Gasteiger partial charge is 0.225 e. The first-order valence-corrected chi connectivity index (χ1v) is 9.10. The monoisotopic (exact) mass is 390 g/mol. The molecule has 0 radical (unpaired) electrons. The highest BCUT2D eigenvalue weighted by atomic mass is 35.5. The Balaban J connectivity index is 1.68. The lowest BCUT2D eigenvalue weighted by Crippen LogP contribution is -2.34. The minimum Gasteiger partial charge on any atom is -0.370 e. The van der Waals surface area contributed by atoms with Crippen LogP contribution in [0.15, 0.2) is 47.5 Å². The highest BCUT2D eigenvalue weighted by Crippen LogP contribution is 2.32. The van der Waals surface area contributed by atoms with Crippen LogP contribution in [-0.2, 0) is 4.79 Å². The van der Waals surface area contributed by atoms with Gasteiger partial charge in [0, 0.05) is 28.1 Å². The van der Waals surface area contributed by atoms with E-state index >= 15 is 0 Å². The number of para-hydroxylation sites is 1. The van der Waals surface area contributed by atoms with Crippen LogP contribution in [0.4, 0.5) is 5.69 Å². The van der Waals surface area contributed by atoms with Crippen molar-refractivity contribution in [2.75, 3.05) is 11.9 Å². The molecule has 0 aromatic heterocycles. The van der Waals surface area contributed by atoms with E-state index < -0.39 is 0 Å². The first-order valence-electron chi connectivity index (χ1n) is 8.34. The van der Waals surface area contributed by atoms with Crippen LogP contribution in [0.1, 0.15) is 36.4 Å². The van der Waals surface area contributed by atoms with Crippen LogP contribution in [0.25, 0.3) is 0 Å². The van der Waals surface area contributed by atoms with E-state index in [1.165, 1.54) is 0 Å². The molecule has 0 spiro atoms. The fourth-order valence-electron chi connectivity index (χ4n) is 3.07. The van der Waals surface area contributed by atoms with Crippen molar-refractivity contribution >= 4 is 40.8 Å². The minimum atomic E-state index is -0.120. The Labute approximate surface area is 162 Å². The zero-order valence-electron chi connectivity index (χ0n) is 14.3. The molecule has 2 aromatic rings. The largest absolute Gasteiger partial charge is 0.370 e. The third kappa shape index (κ3) is 4.29. The van der Waals surface area contributed by atoms with Crippen molar-refractivity contribution < 1.29 is 4.79 Å². The Hall–Kier alpha value is -2.24. The summed E-state index contributed by atoms with van der Waals surface area (Å²) in [7, 11) is 0. The number of fused-ring (bicyclic) bond motifs is 1. The molecule has 2 aromatic carbocycles. The van der Waals surface area contributed by atoms with Crippen LogP contribution >= 0.6 is 23.2 Å². The Morgan fingerprint density at radius 3 is 2.88 bits per heavy atom. The molecule has 1 aliphatic heterocycles. The van der Waals surface area contributed by atoms with Gasteiger partial charge in [0.05, 0.1) is 12.6 Å². The van der Waals surface area contributed by atoms with Gasteiger partial charge < -0.3 is 16.4 Å². The number of rotatable bonds is 4. The van der Waals surface area contributed by atoms with Crippen molar-refractivity contribution in [3.05, 3.63) is 63.6 Å². The molecule has 2 atom stereocenters. The Morgan fingerprint density at radius 2 is 2.12 bits per heavy atom. The lowest BCUT2D eigenvalue weighted by atomic mass is 9.91. The van der Waals surface area contributed by atoms with Gasteiger partial charge in [-0.15, -0.1) is 0 Å². The number of nitrogens with one attached hydrogen (secondary N) is 2. The third-order valence-electron chi connectivity index (χ3n) is 4.38. The van der Waals surface area contributed by atoms with Crippen molar-refractivity contribution in [2.24, 2.45) is 10.7 Å². The molecule has 1 aliphatic rings. The molecule has 0 aliphatic carbocycles. The average Bonchev–Trinajstić information content (AvgIpc) is 2.59. The van der Waals surface area contributed by atoms with Gasteiger partial charge in [-0.1, -0.05) is 47.5 Å². The minimum absolute atomic E-state index is 0.00301. The maximum atomic E-state index is 11.9. The van der Waals surface area contributed by atoms with Gasteiger partial charge in [0.1, 0.15) is 0 Å². The fourth-order valence-corrected chi connectivity index (χ4v) is 3.64. The first kappa shape index (κ1) is 18.5. The molecule has 7 heteroatoms. The van der Waals surface area contributed by atoms with E-state index in [0.717, 1.165) is 16.8 Å². The average molecular weight is 391 g/mol. The van der Waals surface area contributed by atoms with E-state index in [4.69, 9.17) is 28.9 Å². The van der Waals surface area contributed by atoms with Gasteiger partial charge in [-0.05, 0) is 36.2 Å². The van der Waals surface area contributed by atoms with Gasteiger partial charge in [0.15, 0.2) is 5.96 Å². The van der Waals surface area contributed by atoms with Crippen LogP contribution in [0.5, 0.6) is 0 Å². The number of guanidine groups is 1. The number of nitrogens with zero attached hydrogens (tertiary/aromatic N) is 1. The van der Waals surface area contributed by atoms with Crippen LogP contribution in [0.2, 0.25) is 10.0 Å². The van der Waals surface area contributed by atoms with E-state index in [0.29, 0.717) is 29.0 Å². The maximum absolute atomic E-state index is 11.9. The summed E-state index contributed by atoms with van der Waals surface area (Å²) in [5.41, 5.74) is 8.84. The SMILES string of the molecule is CC(NC(N)=NCC1CC(=O)Nc2ccccc21)c1ccc(Cl)cc1Cl. The Kier molecular flexibility index (Phi) is 5.69. The standard InChI is InChI=1S/C19H20Cl2N4O/c1-11(14-7-6-13(20)9-16(14)21)24-19(22)23-10-12-8-18(26)25-17-5-3-2-4-15(12)17/h2-7,9,11-12H,8,10H2,1H3,(H,25,26)(H3,22,23,24). The summed E-state index contributed by atoms with van der Waals surface area (Å²) >= 11 is 12.2. The number of nitrogens with two attached hydrogens (primary N) is 1. The molecule has 2 unspecified atom stereocenters. The summed E-state index contributed by atoms with van der Waals surface area (Å²) < 4.78 is 0. The van der Waals surface area contributed by atoms with Gasteiger partial charge in [0.2, 0.25) is 5.91 Å². The second-order valence-corrected chi connectivity index (χ2v) is 7.14. The summed E-state index contributed by atoms with van der Waals surface area (Å²) in [6.07, 6.45) is 0.395. The zero-order valence-corrected chi connectivity index (χ0v) is 15.8. The van der Waals surface area contributed by atoms with E-state index in [2.05, 4.69) is 15.6 Å². The van der Waals surface area contributed by atoms with Gasteiger partial charge in [-0.25, -0.2) is 0 Å². The van der Waals surface area contributed by atoms with E-state index in [1.54, 1.807) is 12.1 Å². The van der Waals surface area contributed by atoms with Crippen molar-refractivity contribution in [3.8, 4) is 0 Å². The number of hydrogen-bond acceptors (Lipinski definition) is 2. The summed E-state index contributed by atoms with van der Waals surface area (Å²) in [6.45, 7) is 2.38. The highest BCUT2D eigenvalue weighted by Gasteiger charge is 2.24. The molecule has 0 bridgehead atoms. The number of anilines is 1. The van der Waals surface area contributed by atoms with Crippen molar-refractivity contribution in [3.63, 3.8) is 0 Å². The molecule has 136 valence electrons. The number of amides is 1. The van der Waals surface area contributed by atoms with Gasteiger partial charge in [-0.3, -0.25) is 9.79 Å². The molecule has 5 nitrogen and oxygen atoms in total. The normalized spacial score (nSPS) is 18.0. The lowest BCUT2D eigenvalue weighted by molar-refractivity contribution is -0.116. The van der Waals surface area contributed by atoms with Crippen molar-refractivity contribution in [2.45, 2.75) is 25.3 Å². The third-order valence-corrected chi connectivity index (χ3v) is 4.94. The molecular formula is C19H20Cl2N4O. The maximum Gasteiger partial charge on any atom is 0.225 e. The molecule has 0 saturated heterocycles. The van der Waals surface area contributed by atoms with Crippen LogP contribution in [0.3, 0.4) is 0 Å². The molecule has 0 saturated carbocycles. The zero-order chi connectivity index (χ0) is 18.7. The predicted octanol–water partition coefficient (Wildman–Crippen LogP) is 4.08. The van der Waals surface area contributed by atoms with Crippen molar-refractivity contribution in [1.82, 2.24) is 5.32 Å². The second kappa shape index (κ2) is 7.98. The second-order valence-electron chi connectivity index (χ2n) is 6.29. The van der Waals surface area contributed by atoms with Crippen molar-refractivity contribution in [1.29, 1.82) is 0 Å². The van der Waals surface area contributed by atoms with E-state index in [-0.39, 0.29) is 17.9 Å². The molecule has 3 rings (SSSR count). The topological polar surface area (TPSA) is 79.5 Å². The number of carbonyl (C=O) groups excluding carboxylic acids is 1. The molecule has 0 fully saturated rings. The first-order chi connectivity index (χ1) is 12.4. The predicted molar refractivity (Wildman–Crippen MR) is 107 cm³/mol. The number of halogens is 2. The molecule has 1 amide bonds. The summed E-state index contributed by atoms with van der Waals surface area (Å²) in [5.74, 6) is 0.318. The van der Waals surface area contributed by atoms with Crippen LogP contribution in [0, 0.1) is 0 Å². The molecular weight excluding hydrogens is 371 g/mol.